The van der Waals surface area contributed by atoms with Crippen LogP contribution in [0.3, 0.4) is 0 Å². The number of hydrogen-bond donors (Lipinski definition) is 1. The van der Waals surface area contributed by atoms with E-state index >= 15 is 0 Å². The van der Waals surface area contributed by atoms with Crippen LogP contribution in [0.5, 0.6) is 0 Å². The largest absolute Gasteiger partial charge is 0.365 e. The van der Waals surface area contributed by atoms with Crippen LogP contribution >= 0.6 is 0 Å². The van der Waals surface area contributed by atoms with Crippen molar-refractivity contribution < 1.29 is 8.78 Å². The number of nitrogens with one attached hydrogen (secondary N) is 1. The zero-order valence-electron chi connectivity index (χ0n) is 14.6. The van der Waals surface area contributed by atoms with E-state index in [2.05, 4.69) is 26.3 Å². The molecule has 0 amide bonds. The standard InChI is InChI=1S/C20H14F2N6/c21-17-4-14(9-25-11-17)10-26-19-16(7-23)5-15-6-18(22)28(20(15)27-19)12-13-2-1-3-24-8-13/h1-6,8-9,11H,10,12H2,(H,26,27). The van der Waals surface area contributed by atoms with E-state index in [-0.39, 0.29) is 18.7 Å². The highest BCUT2D eigenvalue weighted by Gasteiger charge is 2.15. The lowest BCUT2D eigenvalue weighted by Crippen LogP contribution is -2.07. The Labute approximate surface area is 159 Å². The zero-order valence-corrected chi connectivity index (χ0v) is 14.6. The summed E-state index contributed by atoms with van der Waals surface area (Å²) in [5.74, 6) is -0.609. The van der Waals surface area contributed by atoms with E-state index < -0.39 is 11.8 Å². The fourth-order valence-corrected chi connectivity index (χ4v) is 2.93. The maximum atomic E-state index is 14.5. The van der Waals surface area contributed by atoms with Crippen LogP contribution in [0.4, 0.5) is 14.6 Å². The number of nitrogens with zero attached hydrogens (tertiary/aromatic N) is 5. The second-order valence-corrected chi connectivity index (χ2v) is 6.19. The molecule has 0 aliphatic carbocycles. The van der Waals surface area contributed by atoms with Crippen molar-refractivity contribution in [2.75, 3.05) is 5.32 Å². The molecule has 0 spiro atoms. The average molecular weight is 376 g/mol. The van der Waals surface area contributed by atoms with Gasteiger partial charge in [0.25, 0.3) is 0 Å². The van der Waals surface area contributed by atoms with Gasteiger partial charge in [0.05, 0.1) is 18.3 Å². The monoisotopic (exact) mass is 376 g/mol. The van der Waals surface area contributed by atoms with Gasteiger partial charge < -0.3 is 5.32 Å². The lowest BCUT2D eigenvalue weighted by atomic mass is 10.2. The summed E-state index contributed by atoms with van der Waals surface area (Å²) < 4.78 is 29.2. The van der Waals surface area contributed by atoms with Crippen LogP contribution < -0.4 is 5.32 Å². The minimum absolute atomic E-state index is 0.226. The van der Waals surface area contributed by atoms with E-state index in [9.17, 15) is 14.0 Å². The summed E-state index contributed by atoms with van der Waals surface area (Å²) in [7, 11) is 0. The Bertz CT molecular complexity index is 1180. The molecule has 0 fully saturated rings. The Morgan fingerprint density at radius 1 is 1.07 bits per heavy atom. The number of aromatic nitrogens is 4. The van der Waals surface area contributed by atoms with E-state index in [1.807, 2.05) is 6.07 Å². The minimum Gasteiger partial charge on any atom is -0.365 e. The van der Waals surface area contributed by atoms with Crippen LogP contribution in [-0.2, 0) is 13.1 Å². The molecule has 138 valence electrons. The molecule has 0 saturated heterocycles. The first-order chi connectivity index (χ1) is 13.6. The molecule has 6 nitrogen and oxygen atoms in total. The molecule has 0 atom stereocenters. The molecule has 4 heterocycles. The van der Waals surface area contributed by atoms with Crippen molar-refractivity contribution in [2.24, 2.45) is 0 Å². The quantitative estimate of drug-likeness (QED) is 0.575. The summed E-state index contributed by atoms with van der Waals surface area (Å²) in [6, 6.07) is 9.95. The van der Waals surface area contributed by atoms with Crippen LogP contribution in [-0.4, -0.2) is 19.5 Å². The van der Waals surface area contributed by atoms with Crippen molar-refractivity contribution in [1.29, 1.82) is 5.26 Å². The summed E-state index contributed by atoms with van der Waals surface area (Å²) >= 11 is 0. The van der Waals surface area contributed by atoms with E-state index in [1.165, 1.54) is 22.9 Å². The molecule has 4 aromatic rings. The third-order valence-electron chi connectivity index (χ3n) is 4.22. The normalized spacial score (nSPS) is 10.8. The molecular weight excluding hydrogens is 362 g/mol. The van der Waals surface area contributed by atoms with Crippen LogP contribution in [0.1, 0.15) is 16.7 Å². The Morgan fingerprint density at radius 3 is 2.68 bits per heavy atom. The highest BCUT2D eigenvalue weighted by Crippen LogP contribution is 2.24. The van der Waals surface area contributed by atoms with Gasteiger partial charge in [0, 0.05) is 36.6 Å². The van der Waals surface area contributed by atoms with Gasteiger partial charge in [0.15, 0.2) is 5.95 Å². The van der Waals surface area contributed by atoms with Gasteiger partial charge >= 0.3 is 0 Å². The lowest BCUT2D eigenvalue weighted by Gasteiger charge is -2.10. The highest BCUT2D eigenvalue weighted by atomic mass is 19.1. The number of pyridine rings is 3. The number of hydrogen-bond acceptors (Lipinski definition) is 5. The third kappa shape index (κ3) is 3.50. The molecule has 1 N–H and O–H groups in total. The molecule has 8 heteroatoms. The fourth-order valence-electron chi connectivity index (χ4n) is 2.93. The maximum absolute atomic E-state index is 14.5. The van der Waals surface area contributed by atoms with Gasteiger partial charge in [-0.05, 0) is 29.3 Å². The number of rotatable bonds is 5. The molecule has 0 aromatic carbocycles. The van der Waals surface area contributed by atoms with Crippen molar-refractivity contribution >= 4 is 16.9 Å². The number of nitriles is 1. The van der Waals surface area contributed by atoms with Crippen LogP contribution in [0.25, 0.3) is 11.0 Å². The molecule has 4 rings (SSSR count). The number of halogens is 2. The summed E-state index contributed by atoms with van der Waals surface area (Å²) in [5.41, 5.74) is 2.10. The lowest BCUT2D eigenvalue weighted by molar-refractivity contribution is 0.522. The van der Waals surface area contributed by atoms with Gasteiger partial charge in [0.2, 0.25) is 0 Å². The van der Waals surface area contributed by atoms with E-state index in [0.29, 0.717) is 22.4 Å². The Hall–Kier alpha value is -3.86. The van der Waals surface area contributed by atoms with E-state index in [0.717, 1.165) is 11.8 Å². The van der Waals surface area contributed by atoms with E-state index in [4.69, 9.17) is 0 Å². The first kappa shape index (κ1) is 17.5. The molecule has 4 aromatic heterocycles. The molecule has 28 heavy (non-hydrogen) atoms. The van der Waals surface area contributed by atoms with E-state index in [1.54, 1.807) is 24.5 Å². The van der Waals surface area contributed by atoms with Crippen molar-refractivity contribution in [1.82, 2.24) is 19.5 Å². The second-order valence-electron chi connectivity index (χ2n) is 6.19. The zero-order chi connectivity index (χ0) is 19.5. The van der Waals surface area contributed by atoms with Crippen LogP contribution in [0.15, 0.2) is 55.1 Å². The molecule has 0 radical (unpaired) electrons. The third-order valence-corrected chi connectivity index (χ3v) is 4.22. The Balaban J connectivity index is 1.70. The Kier molecular flexibility index (Phi) is 4.64. The number of anilines is 1. The summed E-state index contributed by atoms with van der Waals surface area (Å²) in [6.07, 6.45) is 5.94. The van der Waals surface area contributed by atoms with Gasteiger partial charge in [-0.1, -0.05) is 6.07 Å². The van der Waals surface area contributed by atoms with Gasteiger partial charge in [-0.3, -0.25) is 14.5 Å². The van der Waals surface area contributed by atoms with Crippen LogP contribution in [0, 0.1) is 23.1 Å². The van der Waals surface area contributed by atoms with Crippen molar-refractivity contribution in [3.05, 3.63) is 83.6 Å². The second kappa shape index (κ2) is 7.40. The van der Waals surface area contributed by atoms with Crippen molar-refractivity contribution in [2.45, 2.75) is 13.1 Å². The SMILES string of the molecule is N#Cc1cc2cc(F)n(Cc3cccnc3)c2nc1NCc1cncc(F)c1. The molecule has 0 unspecified atom stereocenters. The topological polar surface area (TPSA) is 79.4 Å². The smallest absolute Gasteiger partial charge is 0.196 e. The predicted molar refractivity (Wildman–Crippen MR) is 99.3 cm³/mol. The van der Waals surface area contributed by atoms with Gasteiger partial charge in [-0.2, -0.15) is 9.65 Å². The summed E-state index contributed by atoms with van der Waals surface area (Å²) in [5, 5.41) is 13.0. The van der Waals surface area contributed by atoms with Gasteiger partial charge in [-0.15, -0.1) is 0 Å². The average Bonchev–Trinajstić information content (AvgIpc) is 3.01. The molecule has 0 aliphatic heterocycles. The van der Waals surface area contributed by atoms with Crippen molar-refractivity contribution in [3.63, 3.8) is 0 Å². The predicted octanol–water partition coefficient (Wildman–Crippen LogP) is 3.64. The molecule has 0 saturated carbocycles. The first-order valence-electron chi connectivity index (χ1n) is 8.46. The molecular formula is C20H14F2N6. The minimum atomic E-state index is -0.457. The first-order valence-corrected chi connectivity index (χ1v) is 8.46. The van der Waals surface area contributed by atoms with Gasteiger partial charge in [0.1, 0.15) is 23.4 Å². The highest BCUT2D eigenvalue weighted by molar-refractivity contribution is 5.81. The summed E-state index contributed by atoms with van der Waals surface area (Å²) in [4.78, 5) is 12.3. The molecule has 0 aliphatic rings. The fraction of sp³-hybridized carbons (Fsp3) is 0.100. The summed E-state index contributed by atoms with van der Waals surface area (Å²) in [6.45, 7) is 0.485. The van der Waals surface area contributed by atoms with Crippen LogP contribution in [0.2, 0.25) is 0 Å². The maximum Gasteiger partial charge on any atom is 0.196 e. The van der Waals surface area contributed by atoms with Crippen molar-refractivity contribution in [3.8, 4) is 6.07 Å². The molecule has 0 bridgehead atoms. The Morgan fingerprint density at radius 2 is 1.93 bits per heavy atom. The van der Waals surface area contributed by atoms with Gasteiger partial charge in [-0.25, -0.2) is 9.37 Å². The number of fused-ring (bicyclic) bond motifs is 1.